The summed E-state index contributed by atoms with van der Waals surface area (Å²) in [4.78, 5) is 12.3. The first kappa shape index (κ1) is 15.5. The number of hydrogen-bond donors (Lipinski definition) is 0. The van der Waals surface area contributed by atoms with Gasteiger partial charge in [0.1, 0.15) is 24.1 Å². The first-order valence-electron chi connectivity index (χ1n) is 7.48. The van der Waals surface area contributed by atoms with Gasteiger partial charge in [0, 0.05) is 0 Å². The minimum absolute atomic E-state index is 0.219. The zero-order chi connectivity index (χ0) is 16.1. The highest BCUT2D eigenvalue weighted by atomic mass is 28.4. The van der Waals surface area contributed by atoms with E-state index in [4.69, 9.17) is 18.6 Å². The molecule has 4 atom stereocenters. The van der Waals surface area contributed by atoms with E-state index in [0.717, 1.165) is 11.3 Å². The zero-order valence-electron chi connectivity index (χ0n) is 13.6. The van der Waals surface area contributed by atoms with Crippen molar-refractivity contribution in [2.75, 3.05) is 7.11 Å². The Morgan fingerprint density at radius 3 is 2.27 bits per heavy atom. The van der Waals surface area contributed by atoms with Crippen molar-refractivity contribution in [3.05, 3.63) is 29.8 Å². The average molecular weight is 322 g/mol. The van der Waals surface area contributed by atoms with E-state index >= 15 is 0 Å². The molecule has 0 N–H and O–H groups in total. The normalized spacial score (nSPS) is 31.4. The van der Waals surface area contributed by atoms with E-state index in [1.807, 2.05) is 31.2 Å². The largest absolute Gasteiger partial charge is 0.497 e. The van der Waals surface area contributed by atoms with Crippen LogP contribution in [-0.2, 0) is 18.7 Å². The summed E-state index contributed by atoms with van der Waals surface area (Å²) in [5.74, 6) is 0.452. The maximum atomic E-state index is 12.3. The quantitative estimate of drug-likeness (QED) is 0.474. The van der Waals surface area contributed by atoms with E-state index < -0.39 is 20.0 Å². The summed E-state index contributed by atoms with van der Waals surface area (Å²) in [6.07, 6.45) is -0.880. The predicted molar refractivity (Wildman–Crippen MR) is 83.3 cm³/mol. The van der Waals surface area contributed by atoms with Gasteiger partial charge in [-0.25, -0.2) is 4.79 Å². The molecule has 1 aromatic rings. The lowest BCUT2D eigenvalue weighted by molar-refractivity contribution is -0.156. The van der Waals surface area contributed by atoms with Gasteiger partial charge in [-0.15, -0.1) is 0 Å². The molecule has 2 aliphatic rings. The van der Waals surface area contributed by atoms with E-state index in [-0.39, 0.29) is 18.2 Å². The number of carbonyl (C=O) groups is 1. The Morgan fingerprint density at radius 2 is 1.86 bits per heavy atom. The molecule has 5 nitrogen and oxygen atoms in total. The van der Waals surface area contributed by atoms with Crippen LogP contribution in [0.3, 0.4) is 0 Å². The van der Waals surface area contributed by atoms with Crippen LogP contribution < -0.4 is 4.74 Å². The third-order valence-electron chi connectivity index (χ3n) is 4.01. The fourth-order valence-electron chi connectivity index (χ4n) is 2.96. The number of benzene rings is 1. The van der Waals surface area contributed by atoms with E-state index in [1.54, 1.807) is 7.11 Å². The molecule has 0 saturated carbocycles. The van der Waals surface area contributed by atoms with Gasteiger partial charge < -0.3 is 18.6 Å². The van der Waals surface area contributed by atoms with Crippen LogP contribution in [0.15, 0.2) is 24.3 Å². The monoisotopic (exact) mass is 322 g/mol. The molecule has 2 aliphatic heterocycles. The molecule has 3 rings (SSSR count). The second-order valence-corrected chi connectivity index (χ2v) is 11.3. The van der Waals surface area contributed by atoms with E-state index in [1.165, 1.54) is 0 Å². The smallest absolute Gasteiger partial charge is 0.344 e. The van der Waals surface area contributed by atoms with Crippen molar-refractivity contribution < 1.29 is 23.4 Å². The lowest BCUT2D eigenvalue weighted by Gasteiger charge is -2.29. The number of fused-ring (bicyclic) bond motifs is 1. The van der Waals surface area contributed by atoms with Crippen LogP contribution in [0.5, 0.6) is 5.75 Å². The van der Waals surface area contributed by atoms with Gasteiger partial charge in [-0.05, 0) is 44.3 Å². The van der Waals surface area contributed by atoms with Gasteiger partial charge in [-0.1, -0.05) is 12.1 Å². The Morgan fingerprint density at radius 1 is 1.23 bits per heavy atom. The molecule has 0 bridgehead atoms. The van der Waals surface area contributed by atoms with Crippen molar-refractivity contribution in [1.82, 2.24) is 0 Å². The molecular formula is C16H22O5Si. The Bertz CT molecular complexity index is 579. The van der Waals surface area contributed by atoms with Gasteiger partial charge in [-0.3, -0.25) is 0 Å². The second-order valence-electron chi connectivity index (χ2n) is 6.83. The van der Waals surface area contributed by atoms with E-state index in [2.05, 4.69) is 19.6 Å². The van der Waals surface area contributed by atoms with Crippen LogP contribution in [0.25, 0.3) is 0 Å². The first-order chi connectivity index (χ1) is 10.3. The zero-order valence-corrected chi connectivity index (χ0v) is 14.6. The van der Waals surface area contributed by atoms with Crippen LogP contribution in [0.4, 0.5) is 0 Å². The maximum Gasteiger partial charge on any atom is 0.344 e. The fraction of sp³-hybridized carbons (Fsp3) is 0.562. The number of esters is 1. The molecule has 0 radical (unpaired) electrons. The van der Waals surface area contributed by atoms with Gasteiger partial charge in [0.05, 0.1) is 7.11 Å². The van der Waals surface area contributed by atoms with Crippen molar-refractivity contribution in [3.63, 3.8) is 0 Å². The molecule has 2 saturated heterocycles. The molecule has 1 aromatic carbocycles. The van der Waals surface area contributed by atoms with Crippen LogP contribution in [0.2, 0.25) is 19.6 Å². The Kier molecular flexibility index (Phi) is 3.58. The molecule has 2 fully saturated rings. The molecule has 0 amide bonds. The summed E-state index contributed by atoms with van der Waals surface area (Å²) >= 11 is 0. The highest BCUT2D eigenvalue weighted by Crippen LogP contribution is 2.56. The lowest BCUT2D eigenvalue weighted by atomic mass is 9.92. The van der Waals surface area contributed by atoms with Crippen molar-refractivity contribution >= 4 is 14.3 Å². The third-order valence-corrected chi connectivity index (χ3v) is 4.95. The van der Waals surface area contributed by atoms with Crippen molar-refractivity contribution in [2.45, 2.75) is 50.5 Å². The van der Waals surface area contributed by atoms with Crippen LogP contribution in [0, 0.1) is 0 Å². The molecule has 22 heavy (non-hydrogen) atoms. The molecule has 0 spiro atoms. The number of hydrogen-bond acceptors (Lipinski definition) is 5. The SMILES string of the molecule is COc1ccc(C(O[Si](C)(C)C)[C@]23O[C@H]2[C@H](C)OC3=O)cc1. The molecule has 1 unspecified atom stereocenters. The molecule has 6 heteroatoms. The van der Waals surface area contributed by atoms with Crippen LogP contribution >= 0.6 is 0 Å². The lowest BCUT2D eigenvalue weighted by Crippen LogP contribution is -2.39. The minimum Gasteiger partial charge on any atom is -0.497 e. The number of ether oxygens (including phenoxy) is 3. The highest BCUT2D eigenvalue weighted by Gasteiger charge is 2.76. The second kappa shape index (κ2) is 5.08. The topological polar surface area (TPSA) is 57.3 Å². The standard InChI is InChI=1S/C16H22O5Si/c1-10-13-16(20-13,15(17)19-10)14(21-22(3,4)5)11-6-8-12(18-2)9-7-11/h6-10,13-14H,1-5H3/t10-,13-,14?,16+/m0/s1. The Labute approximate surface area is 131 Å². The molecular weight excluding hydrogens is 300 g/mol. The van der Waals surface area contributed by atoms with Gasteiger partial charge in [0.25, 0.3) is 0 Å². The summed E-state index contributed by atoms with van der Waals surface area (Å²) in [7, 11) is -0.259. The van der Waals surface area contributed by atoms with Gasteiger partial charge in [-0.2, -0.15) is 0 Å². The third kappa shape index (κ3) is 2.45. The summed E-state index contributed by atoms with van der Waals surface area (Å²) < 4.78 is 22.6. The number of methoxy groups -OCH3 is 1. The van der Waals surface area contributed by atoms with Crippen LogP contribution in [0.1, 0.15) is 18.6 Å². The Balaban J connectivity index is 1.96. The van der Waals surface area contributed by atoms with E-state index in [0.29, 0.717) is 0 Å². The average Bonchev–Trinajstić information content (AvgIpc) is 3.15. The van der Waals surface area contributed by atoms with Gasteiger partial charge in [0.15, 0.2) is 8.32 Å². The molecule has 2 heterocycles. The minimum atomic E-state index is -1.88. The van der Waals surface area contributed by atoms with Crippen LogP contribution in [-0.4, -0.2) is 39.2 Å². The van der Waals surface area contributed by atoms with Crippen molar-refractivity contribution in [3.8, 4) is 5.75 Å². The summed E-state index contributed by atoms with van der Waals surface area (Å²) in [5, 5.41) is 0. The molecule has 120 valence electrons. The summed E-state index contributed by atoms with van der Waals surface area (Å²) in [6.45, 7) is 8.15. The number of carbonyl (C=O) groups excluding carboxylic acids is 1. The predicted octanol–water partition coefficient (Wildman–Crippen LogP) is 2.67. The Hall–Kier alpha value is -1.37. The fourth-order valence-corrected chi connectivity index (χ4v) is 3.98. The highest BCUT2D eigenvalue weighted by molar-refractivity contribution is 6.69. The summed E-state index contributed by atoms with van der Waals surface area (Å²) in [5.41, 5.74) is -0.0642. The number of epoxide rings is 1. The van der Waals surface area contributed by atoms with Crippen molar-refractivity contribution in [2.24, 2.45) is 0 Å². The van der Waals surface area contributed by atoms with Gasteiger partial charge in [0.2, 0.25) is 5.60 Å². The number of rotatable bonds is 5. The maximum absolute atomic E-state index is 12.3. The molecule has 0 aromatic heterocycles. The van der Waals surface area contributed by atoms with Gasteiger partial charge >= 0.3 is 5.97 Å². The first-order valence-corrected chi connectivity index (χ1v) is 10.9. The van der Waals surface area contributed by atoms with E-state index in [9.17, 15) is 4.79 Å². The summed E-state index contributed by atoms with van der Waals surface area (Å²) in [6, 6.07) is 7.59. The molecule has 0 aliphatic carbocycles. The number of cyclic esters (lactones) is 1. The van der Waals surface area contributed by atoms with Crippen molar-refractivity contribution in [1.29, 1.82) is 0 Å².